The maximum atomic E-state index is 9.92. The Balaban J connectivity index is 1.56. The van der Waals surface area contributed by atoms with E-state index >= 15 is 0 Å². The monoisotopic (exact) mass is 269 g/mol. The molecule has 1 saturated carbocycles. The number of rotatable bonds is 5. The molecule has 3 rings (SSSR count). The van der Waals surface area contributed by atoms with Crippen molar-refractivity contribution in [2.75, 3.05) is 7.11 Å². The van der Waals surface area contributed by atoms with Gasteiger partial charge in [-0.2, -0.15) is 0 Å². The van der Waals surface area contributed by atoms with E-state index in [-0.39, 0.29) is 5.75 Å². The minimum atomic E-state index is 0.286. The zero-order valence-electron chi connectivity index (χ0n) is 11.5. The first-order valence-corrected chi connectivity index (χ1v) is 6.92. The number of ether oxygens (including phenoxy) is 1. The topological polar surface area (TPSA) is 41.5 Å². The van der Waals surface area contributed by atoms with E-state index in [1.54, 1.807) is 13.2 Å². The molecule has 2 atom stereocenters. The van der Waals surface area contributed by atoms with E-state index in [1.165, 1.54) is 12.0 Å². The Labute approximate surface area is 119 Å². The summed E-state index contributed by atoms with van der Waals surface area (Å²) < 4.78 is 5.08. The molecule has 0 aliphatic heterocycles. The molecule has 1 aliphatic carbocycles. The van der Waals surface area contributed by atoms with Crippen LogP contribution in [0.3, 0.4) is 0 Å². The van der Waals surface area contributed by atoms with Gasteiger partial charge in [-0.05, 0) is 18.1 Å². The highest BCUT2D eigenvalue weighted by atomic mass is 16.5. The predicted octanol–water partition coefficient (Wildman–Crippen LogP) is 3.05. The fourth-order valence-electron chi connectivity index (χ4n) is 2.55. The van der Waals surface area contributed by atoms with Crippen molar-refractivity contribution in [1.29, 1.82) is 0 Å². The van der Waals surface area contributed by atoms with Crippen molar-refractivity contribution in [2.24, 2.45) is 0 Å². The summed E-state index contributed by atoms with van der Waals surface area (Å²) >= 11 is 0. The van der Waals surface area contributed by atoms with E-state index < -0.39 is 0 Å². The van der Waals surface area contributed by atoms with Crippen molar-refractivity contribution in [1.82, 2.24) is 5.32 Å². The van der Waals surface area contributed by atoms with Gasteiger partial charge in [-0.15, -0.1) is 0 Å². The standard InChI is InChI=1S/C17H19NO2/c1-20-14-8-7-13(17(19)9-14)11-18-16-10-15(16)12-5-3-2-4-6-12/h2-9,15-16,18-19H,10-11H2,1H3. The van der Waals surface area contributed by atoms with Crippen molar-refractivity contribution < 1.29 is 9.84 Å². The van der Waals surface area contributed by atoms with Gasteiger partial charge in [0.05, 0.1) is 7.11 Å². The Hall–Kier alpha value is -2.00. The van der Waals surface area contributed by atoms with Crippen LogP contribution in [0.1, 0.15) is 23.5 Å². The molecule has 3 heteroatoms. The Morgan fingerprint density at radius 3 is 2.70 bits per heavy atom. The largest absolute Gasteiger partial charge is 0.507 e. The lowest BCUT2D eigenvalue weighted by Gasteiger charge is -2.08. The van der Waals surface area contributed by atoms with E-state index in [0.29, 0.717) is 24.3 Å². The van der Waals surface area contributed by atoms with Gasteiger partial charge < -0.3 is 15.2 Å². The highest BCUT2D eigenvalue weighted by molar-refractivity contribution is 5.39. The maximum absolute atomic E-state index is 9.92. The van der Waals surface area contributed by atoms with Gasteiger partial charge in [0.1, 0.15) is 11.5 Å². The van der Waals surface area contributed by atoms with Gasteiger partial charge in [-0.25, -0.2) is 0 Å². The molecule has 0 radical (unpaired) electrons. The summed E-state index contributed by atoms with van der Waals surface area (Å²) in [5.74, 6) is 1.57. The number of hydrogen-bond donors (Lipinski definition) is 2. The van der Waals surface area contributed by atoms with Crippen molar-refractivity contribution in [2.45, 2.75) is 24.9 Å². The van der Waals surface area contributed by atoms with Crippen LogP contribution in [-0.4, -0.2) is 18.3 Å². The lowest BCUT2D eigenvalue weighted by Crippen LogP contribution is -2.17. The molecule has 104 valence electrons. The molecule has 0 amide bonds. The third kappa shape index (κ3) is 2.78. The summed E-state index contributed by atoms with van der Waals surface area (Å²) in [4.78, 5) is 0. The third-order valence-electron chi connectivity index (χ3n) is 3.87. The quantitative estimate of drug-likeness (QED) is 0.876. The first kappa shape index (κ1) is 13.0. The van der Waals surface area contributed by atoms with E-state index in [1.807, 2.05) is 18.2 Å². The minimum Gasteiger partial charge on any atom is -0.507 e. The number of phenolic OH excluding ortho intramolecular Hbond substituents is 1. The highest BCUT2D eigenvalue weighted by Gasteiger charge is 2.37. The minimum absolute atomic E-state index is 0.286. The summed E-state index contributed by atoms with van der Waals surface area (Å²) in [5, 5.41) is 13.4. The zero-order chi connectivity index (χ0) is 13.9. The normalized spacial score (nSPS) is 20.6. The number of aromatic hydroxyl groups is 1. The molecule has 0 spiro atoms. The molecule has 1 aliphatic rings. The van der Waals surface area contributed by atoms with Gasteiger partial charge >= 0.3 is 0 Å². The Kier molecular flexibility index (Phi) is 3.61. The average molecular weight is 269 g/mol. The maximum Gasteiger partial charge on any atom is 0.123 e. The van der Waals surface area contributed by atoms with Gasteiger partial charge in [-0.1, -0.05) is 36.4 Å². The second kappa shape index (κ2) is 5.55. The van der Waals surface area contributed by atoms with Crippen LogP contribution in [0.2, 0.25) is 0 Å². The summed E-state index contributed by atoms with van der Waals surface area (Å²) in [6.45, 7) is 0.684. The average Bonchev–Trinajstić information content (AvgIpc) is 3.26. The van der Waals surface area contributed by atoms with Crippen LogP contribution < -0.4 is 10.1 Å². The van der Waals surface area contributed by atoms with Crippen LogP contribution in [0.5, 0.6) is 11.5 Å². The molecule has 1 fully saturated rings. The number of phenols is 1. The summed E-state index contributed by atoms with van der Waals surface area (Å²) in [6.07, 6.45) is 1.17. The second-order valence-electron chi connectivity index (χ2n) is 5.23. The van der Waals surface area contributed by atoms with Crippen LogP contribution in [0.4, 0.5) is 0 Å². The summed E-state index contributed by atoms with van der Waals surface area (Å²) in [7, 11) is 1.60. The number of nitrogens with one attached hydrogen (secondary N) is 1. The highest BCUT2D eigenvalue weighted by Crippen LogP contribution is 2.40. The second-order valence-corrected chi connectivity index (χ2v) is 5.23. The van der Waals surface area contributed by atoms with E-state index in [4.69, 9.17) is 4.74 Å². The molecule has 0 heterocycles. The SMILES string of the molecule is COc1ccc(CNC2CC2c2ccccc2)c(O)c1. The Morgan fingerprint density at radius 2 is 2.00 bits per heavy atom. The molecule has 20 heavy (non-hydrogen) atoms. The summed E-state index contributed by atoms with van der Waals surface area (Å²) in [6, 6.07) is 16.5. The molecule has 3 nitrogen and oxygen atoms in total. The Morgan fingerprint density at radius 1 is 1.20 bits per heavy atom. The lowest BCUT2D eigenvalue weighted by atomic mass is 10.1. The molecule has 0 bridgehead atoms. The number of methoxy groups -OCH3 is 1. The molecule has 0 aromatic heterocycles. The summed E-state index contributed by atoms with van der Waals surface area (Å²) in [5.41, 5.74) is 2.30. The van der Waals surface area contributed by atoms with E-state index in [9.17, 15) is 5.11 Å². The number of hydrogen-bond acceptors (Lipinski definition) is 3. The lowest BCUT2D eigenvalue weighted by molar-refractivity contribution is 0.406. The van der Waals surface area contributed by atoms with Gasteiger partial charge in [0.25, 0.3) is 0 Å². The van der Waals surface area contributed by atoms with Crippen LogP contribution >= 0.6 is 0 Å². The van der Waals surface area contributed by atoms with Crippen molar-refractivity contribution in [3.05, 3.63) is 59.7 Å². The van der Waals surface area contributed by atoms with Crippen molar-refractivity contribution in [3.8, 4) is 11.5 Å². The van der Waals surface area contributed by atoms with E-state index in [2.05, 4.69) is 29.6 Å². The first-order chi connectivity index (χ1) is 9.78. The van der Waals surface area contributed by atoms with Crippen LogP contribution in [0.25, 0.3) is 0 Å². The molecular weight excluding hydrogens is 250 g/mol. The third-order valence-corrected chi connectivity index (χ3v) is 3.87. The first-order valence-electron chi connectivity index (χ1n) is 6.92. The van der Waals surface area contributed by atoms with Crippen LogP contribution in [-0.2, 0) is 6.54 Å². The van der Waals surface area contributed by atoms with Crippen LogP contribution in [0, 0.1) is 0 Å². The van der Waals surface area contributed by atoms with E-state index in [0.717, 1.165) is 5.56 Å². The molecule has 2 N–H and O–H groups in total. The molecular formula is C17H19NO2. The van der Waals surface area contributed by atoms with Gasteiger partial charge in [0.15, 0.2) is 0 Å². The molecule has 2 aromatic carbocycles. The zero-order valence-corrected chi connectivity index (χ0v) is 11.5. The Bertz CT molecular complexity index is 583. The number of benzene rings is 2. The van der Waals surface area contributed by atoms with Gasteiger partial charge in [0, 0.05) is 30.1 Å². The smallest absolute Gasteiger partial charge is 0.123 e. The van der Waals surface area contributed by atoms with Crippen LogP contribution in [0.15, 0.2) is 48.5 Å². The molecule has 2 aromatic rings. The predicted molar refractivity (Wildman–Crippen MR) is 79.1 cm³/mol. The molecule has 0 saturated heterocycles. The fourth-order valence-corrected chi connectivity index (χ4v) is 2.55. The van der Waals surface area contributed by atoms with Gasteiger partial charge in [0.2, 0.25) is 0 Å². The van der Waals surface area contributed by atoms with Crippen molar-refractivity contribution >= 4 is 0 Å². The molecule has 2 unspecified atom stereocenters. The fraction of sp³-hybridized carbons (Fsp3) is 0.294. The van der Waals surface area contributed by atoms with Crippen molar-refractivity contribution in [3.63, 3.8) is 0 Å². The van der Waals surface area contributed by atoms with Gasteiger partial charge in [-0.3, -0.25) is 0 Å².